The van der Waals surface area contributed by atoms with E-state index in [0.717, 1.165) is 43.7 Å². The van der Waals surface area contributed by atoms with E-state index >= 15 is 0 Å². The molecule has 1 saturated heterocycles. The molecule has 1 aliphatic heterocycles. The fourth-order valence-electron chi connectivity index (χ4n) is 3.20. The molecule has 0 radical (unpaired) electrons. The lowest BCUT2D eigenvalue weighted by atomic mass is 9.91. The van der Waals surface area contributed by atoms with Gasteiger partial charge in [0.1, 0.15) is 5.92 Å². The summed E-state index contributed by atoms with van der Waals surface area (Å²) in [5, 5.41) is 4.42. The van der Waals surface area contributed by atoms with Crippen molar-refractivity contribution in [3.05, 3.63) is 11.7 Å². The second-order valence-electron chi connectivity index (χ2n) is 5.54. The van der Waals surface area contributed by atoms with E-state index in [1.165, 1.54) is 13.5 Å². The predicted molar refractivity (Wildman–Crippen MR) is 75.4 cm³/mol. The third-order valence-electron chi connectivity index (χ3n) is 4.27. The molecule has 0 aromatic carbocycles. The van der Waals surface area contributed by atoms with E-state index in [1.54, 1.807) is 0 Å². The first kappa shape index (κ1) is 13.9. The van der Waals surface area contributed by atoms with Crippen LogP contribution in [0, 0.1) is 5.92 Å². The van der Waals surface area contributed by atoms with Crippen LogP contribution in [0.5, 0.6) is 0 Å². The zero-order valence-electron chi connectivity index (χ0n) is 11.7. The van der Waals surface area contributed by atoms with Crippen LogP contribution in [0.4, 0.5) is 0 Å². The van der Waals surface area contributed by atoms with Crippen LogP contribution in [0.15, 0.2) is 4.52 Å². The second-order valence-corrected chi connectivity index (χ2v) is 6.85. The van der Waals surface area contributed by atoms with Crippen molar-refractivity contribution in [2.45, 2.75) is 49.7 Å². The number of thioether (sulfide) groups is 1. The molecule has 2 heterocycles. The van der Waals surface area contributed by atoms with E-state index < -0.39 is 0 Å². The molecule has 2 atom stereocenters. The maximum Gasteiger partial charge on any atom is 0.318 e. The van der Waals surface area contributed by atoms with E-state index in [4.69, 9.17) is 9.26 Å². The Morgan fingerprint density at radius 1 is 1.35 bits per heavy atom. The number of nitrogens with zero attached hydrogens (tertiary/aromatic N) is 2. The van der Waals surface area contributed by atoms with Crippen molar-refractivity contribution in [2.75, 3.05) is 12.9 Å². The Bertz CT molecular complexity index is 465. The van der Waals surface area contributed by atoms with Crippen LogP contribution in [-0.4, -0.2) is 29.0 Å². The van der Waals surface area contributed by atoms with Crippen molar-refractivity contribution in [1.29, 1.82) is 0 Å². The van der Waals surface area contributed by atoms with Gasteiger partial charge < -0.3 is 9.26 Å². The number of ether oxygens (including phenoxy) is 1. The predicted octanol–water partition coefficient (Wildman–Crippen LogP) is 3.08. The molecule has 2 aliphatic rings. The van der Waals surface area contributed by atoms with Gasteiger partial charge in [-0.05, 0) is 37.4 Å². The molecule has 110 valence electrons. The number of carbonyl (C=O) groups is 1. The van der Waals surface area contributed by atoms with Gasteiger partial charge >= 0.3 is 5.97 Å². The standard InChI is InChI=1S/C14H20N2O3S/c1-18-14(17)11(9-5-2-3-6-9)13-15-12(16-19-13)10-7-4-8-20-10/h9-11H,2-8H2,1H3. The van der Waals surface area contributed by atoms with Crippen molar-refractivity contribution in [1.82, 2.24) is 10.1 Å². The summed E-state index contributed by atoms with van der Waals surface area (Å²) < 4.78 is 10.3. The number of methoxy groups -OCH3 is 1. The molecule has 0 N–H and O–H groups in total. The first-order valence-electron chi connectivity index (χ1n) is 7.32. The summed E-state index contributed by atoms with van der Waals surface area (Å²) in [6, 6.07) is 0. The topological polar surface area (TPSA) is 65.2 Å². The third-order valence-corrected chi connectivity index (χ3v) is 5.64. The Balaban J connectivity index is 1.81. The molecule has 3 rings (SSSR count). The van der Waals surface area contributed by atoms with Crippen molar-refractivity contribution >= 4 is 17.7 Å². The summed E-state index contributed by atoms with van der Waals surface area (Å²) >= 11 is 1.87. The molecule has 2 unspecified atom stereocenters. The lowest BCUT2D eigenvalue weighted by Gasteiger charge is -2.16. The molecule has 0 bridgehead atoms. The molecule has 0 amide bonds. The van der Waals surface area contributed by atoms with Crippen LogP contribution in [0.25, 0.3) is 0 Å². The number of esters is 1. The molecule has 5 nitrogen and oxygen atoms in total. The first-order chi connectivity index (χ1) is 9.79. The Kier molecular flexibility index (Phi) is 4.29. The van der Waals surface area contributed by atoms with E-state index in [-0.39, 0.29) is 17.8 Å². The number of hydrogen-bond acceptors (Lipinski definition) is 6. The van der Waals surface area contributed by atoms with Crippen molar-refractivity contribution in [2.24, 2.45) is 5.92 Å². The number of carbonyl (C=O) groups excluding carboxylic acids is 1. The van der Waals surface area contributed by atoms with Gasteiger partial charge in [0.15, 0.2) is 5.82 Å². The quantitative estimate of drug-likeness (QED) is 0.796. The van der Waals surface area contributed by atoms with Gasteiger partial charge in [0.25, 0.3) is 0 Å². The van der Waals surface area contributed by atoms with Gasteiger partial charge in [0.2, 0.25) is 5.89 Å². The van der Waals surface area contributed by atoms with Crippen molar-refractivity contribution in [3.8, 4) is 0 Å². The average molecular weight is 296 g/mol. The molecule has 1 aromatic rings. The summed E-state index contributed by atoms with van der Waals surface area (Å²) in [5.74, 6) is 2.01. The summed E-state index contributed by atoms with van der Waals surface area (Å²) in [4.78, 5) is 16.6. The molecule has 1 aliphatic carbocycles. The van der Waals surface area contributed by atoms with E-state index in [2.05, 4.69) is 10.1 Å². The number of aromatic nitrogens is 2. The number of rotatable bonds is 4. The highest BCUT2D eigenvalue weighted by molar-refractivity contribution is 7.99. The Hall–Kier alpha value is -1.04. The lowest BCUT2D eigenvalue weighted by Crippen LogP contribution is -2.22. The fourth-order valence-corrected chi connectivity index (χ4v) is 4.39. The Labute approximate surface area is 122 Å². The zero-order chi connectivity index (χ0) is 13.9. The molecule has 0 spiro atoms. The van der Waals surface area contributed by atoms with Crippen molar-refractivity contribution < 1.29 is 14.1 Å². The highest BCUT2D eigenvalue weighted by Gasteiger charge is 2.38. The first-order valence-corrected chi connectivity index (χ1v) is 8.37. The molecule has 1 saturated carbocycles. The summed E-state index contributed by atoms with van der Waals surface area (Å²) in [7, 11) is 1.42. The average Bonchev–Trinajstić information content (AvgIpc) is 3.20. The van der Waals surface area contributed by atoms with E-state index in [0.29, 0.717) is 11.1 Å². The normalized spacial score (nSPS) is 24.9. The minimum Gasteiger partial charge on any atom is -0.468 e. The van der Waals surface area contributed by atoms with Gasteiger partial charge in [0, 0.05) is 0 Å². The van der Waals surface area contributed by atoms with Crippen LogP contribution in [0.2, 0.25) is 0 Å². The number of hydrogen-bond donors (Lipinski definition) is 0. The fraction of sp³-hybridized carbons (Fsp3) is 0.786. The monoisotopic (exact) mass is 296 g/mol. The molecule has 6 heteroatoms. The van der Waals surface area contributed by atoms with Crippen LogP contribution in [-0.2, 0) is 9.53 Å². The van der Waals surface area contributed by atoms with Crippen LogP contribution in [0.3, 0.4) is 0 Å². The molecular weight excluding hydrogens is 276 g/mol. The third kappa shape index (κ3) is 2.71. The smallest absolute Gasteiger partial charge is 0.318 e. The summed E-state index contributed by atoms with van der Waals surface area (Å²) in [5.41, 5.74) is 0. The lowest BCUT2D eigenvalue weighted by molar-refractivity contribution is -0.144. The van der Waals surface area contributed by atoms with Gasteiger partial charge in [-0.15, -0.1) is 0 Å². The minimum absolute atomic E-state index is 0.244. The van der Waals surface area contributed by atoms with Crippen LogP contribution in [0.1, 0.15) is 61.4 Å². The van der Waals surface area contributed by atoms with Crippen molar-refractivity contribution in [3.63, 3.8) is 0 Å². The summed E-state index contributed by atoms with van der Waals surface area (Å²) in [6.07, 6.45) is 6.69. The minimum atomic E-state index is -0.379. The summed E-state index contributed by atoms with van der Waals surface area (Å²) in [6.45, 7) is 0. The van der Waals surface area contributed by atoms with E-state index in [1.807, 2.05) is 11.8 Å². The van der Waals surface area contributed by atoms with Crippen LogP contribution >= 0.6 is 11.8 Å². The SMILES string of the molecule is COC(=O)C(c1nc(C2CCCS2)no1)C1CCCC1. The van der Waals surface area contributed by atoms with Gasteiger partial charge in [-0.2, -0.15) is 16.7 Å². The molecule has 20 heavy (non-hydrogen) atoms. The second kappa shape index (κ2) is 6.16. The largest absolute Gasteiger partial charge is 0.468 e. The Morgan fingerprint density at radius 2 is 2.15 bits per heavy atom. The maximum absolute atomic E-state index is 12.1. The molecular formula is C14H20N2O3S. The van der Waals surface area contributed by atoms with Gasteiger partial charge in [-0.25, -0.2) is 0 Å². The van der Waals surface area contributed by atoms with Gasteiger partial charge in [-0.1, -0.05) is 18.0 Å². The van der Waals surface area contributed by atoms with Gasteiger partial charge in [-0.3, -0.25) is 4.79 Å². The highest BCUT2D eigenvalue weighted by Crippen LogP contribution is 2.41. The van der Waals surface area contributed by atoms with Crippen LogP contribution < -0.4 is 0 Å². The Morgan fingerprint density at radius 3 is 2.80 bits per heavy atom. The maximum atomic E-state index is 12.1. The van der Waals surface area contributed by atoms with E-state index in [9.17, 15) is 4.79 Å². The molecule has 2 fully saturated rings. The highest BCUT2D eigenvalue weighted by atomic mass is 32.2. The molecule has 1 aromatic heterocycles. The zero-order valence-corrected chi connectivity index (χ0v) is 12.5. The van der Waals surface area contributed by atoms with Gasteiger partial charge in [0.05, 0.1) is 12.4 Å².